The highest BCUT2D eigenvalue weighted by molar-refractivity contribution is 5.83. The van der Waals surface area contributed by atoms with Gasteiger partial charge in [0, 0.05) is 56.8 Å². The molecule has 1 aliphatic rings. The molecular formula is C20H22F3N7O. The van der Waals surface area contributed by atoms with Crippen LogP contribution in [0.4, 0.5) is 25.1 Å². The average molecular weight is 433 g/mol. The van der Waals surface area contributed by atoms with E-state index < -0.39 is 18.6 Å². The Morgan fingerprint density at radius 1 is 1.13 bits per heavy atom. The monoisotopic (exact) mass is 433 g/mol. The summed E-state index contributed by atoms with van der Waals surface area (Å²) in [6.45, 7) is 2.97. The normalized spacial score (nSPS) is 16.3. The maximum absolute atomic E-state index is 12.5. The SMILES string of the molecule is CC(CC(F)(F)F)Nc1ncc2c(OC3CCN(c4ncccn4)CC3)nccc2n1. The van der Waals surface area contributed by atoms with Gasteiger partial charge in [0.15, 0.2) is 0 Å². The minimum absolute atomic E-state index is 0.0253. The number of hydrogen-bond donors (Lipinski definition) is 1. The van der Waals surface area contributed by atoms with E-state index in [1.165, 1.54) is 13.1 Å². The van der Waals surface area contributed by atoms with Gasteiger partial charge in [0.05, 0.1) is 17.3 Å². The van der Waals surface area contributed by atoms with Crippen LogP contribution in [-0.4, -0.2) is 56.3 Å². The molecule has 4 rings (SSSR count). The number of nitrogens with zero attached hydrogens (tertiary/aromatic N) is 6. The Labute approximate surface area is 176 Å². The lowest BCUT2D eigenvalue weighted by Crippen LogP contribution is -2.39. The van der Waals surface area contributed by atoms with Crippen LogP contribution in [0.1, 0.15) is 26.2 Å². The number of alkyl halides is 3. The molecule has 11 heteroatoms. The highest BCUT2D eigenvalue weighted by atomic mass is 19.4. The summed E-state index contributed by atoms with van der Waals surface area (Å²) in [6.07, 6.45) is 2.86. The van der Waals surface area contributed by atoms with Crippen molar-refractivity contribution in [1.29, 1.82) is 0 Å². The molecule has 1 N–H and O–H groups in total. The summed E-state index contributed by atoms with van der Waals surface area (Å²) >= 11 is 0. The summed E-state index contributed by atoms with van der Waals surface area (Å²) in [5.41, 5.74) is 0.553. The van der Waals surface area contributed by atoms with Crippen LogP contribution < -0.4 is 15.0 Å². The van der Waals surface area contributed by atoms with Gasteiger partial charge in [0.2, 0.25) is 17.8 Å². The molecule has 1 unspecified atom stereocenters. The minimum atomic E-state index is -4.25. The zero-order valence-corrected chi connectivity index (χ0v) is 16.9. The van der Waals surface area contributed by atoms with E-state index >= 15 is 0 Å². The van der Waals surface area contributed by atoms with Crippen LogP contribution in [0.15, 0.2) is 36.9 Å². The molecule has 1 aliphatic heterocycles. The van der Waals surface area contributed by atoms with Crippen LogP contribution in [0, 0.1) is 0 Å². The van der Waals surface area contributed by atoms with Gasteiger partial charge < -0.3 is 15.0 Å². The smallest absolute Gasteiger partial charge is 0.391 e. The Balaban J connectivity index is 1.41. The molecule has 0 bridgehead atoms. The Morgan fingerprint density at radius 3 is 2.58 bits per heavy atom. The van der Waals surface area contributed by atoms with Gasteiger partial charge in [-0.2, -0.15) is 13.2 Å². The number of rotatable bonds is 6. The summed E-state index contributed by atoms with van der Waals surface area (Å²) in [5.74, 6) is 1.26. The molecule has 0 amide bonds. The van der Waals surface area contributed by atoms with Crippen molar-refractivity contribution in [3.63, 3.8) is 0 Å². The zero-order chi connectivity index (χ0) is 21.8. The lowest BCUT2D eigenvalue weighted by molar-refractivity contribution is -0.136. The highest BCUT2D eigenvalue weighted by Gasteiger charge is 2.30. The molecule has 0 aliphatic carbocycles. The quantitative estimate of drug-likeness (QED) is 0.631. The third kappa shape index (κ3) is 5.47. The van der Waals surface area contributed by atoms with Crippen LogP contribution in [0.25, 0.3) is 10.9 Å². The van der Waals surface area contributed by atoms with Crippen LogP contribution in [0.5, 0.6) is 5.88 Å². The van der Waals surface area contributed by atoms with Crippen molar-refractivity contribution in [2.24, 2.45) is 0 Å². The van der Waals surface area contributed by atoms with Gasteiger partial charge in [-0.05, 0) is 19.1 Å². The first-order valence-corrected chi connectivity index (χ1v) is 10.0. The molecule has 1 fully saturated rings. The van der Waals surface area contributed by atoms with E-state index in [-0.39, 0.29) is 12.1 Å². The van der Waals surface area contributed by atoms with E-state index in [2.05, 4.69) is 35.1 Å². The fraction of sp³-hybridized carbons (Fsp3) is 0.450. The zero-order valence-electron chi connectivity index (χ0n) is 16.9. The number of halogens is 3. The van der Waals surface area contributed by atoms with Gasteiger partial charge in [-0.3, -0.25) is 0 Å². The predicted molar refractivity (Wildman–Crippen MR) is 109 cm³/mol. The Morgan fingerprint density at radius 2 is 1.87 bits per heavy atom. The van der Waals surface area contributed by atoms with Crippen molar-refractivity contribution in [3.8, 4) is 5.88 Å². The number of pyridine rings is 1. The molecule has 0 saturated carbocycles. The Bertz CT molecular complexity index is 1010. The van der Waals surface area contributed by atoms with Crippen molar-refractivity contribution < 1.29 is 17.9 Å². The topological polar surface area (TPSA) is 89.0 Å². The second kappa shape index (κ2) is 8.86. The molecule has 0 spiro atoms. The summed E-state index contributed by atoms with van der Waals surface area (Å²) in [5, 5.41) is 3.31. The molecule has 1 atom stereocenters. The van der Waals surface area contributed by atoms with E-state index in [1.54, 1.807) is 30.7 Å². The number of hydrogen-bond acceptors (Lipinski definition) is 8. The first-order chi connectivity index (χ1) is 14.9. The van der Waals surface area contributed by atoms with Gasteiger partial charge in [-0.25, -0.2) is 24.9 Å². The summed E-state index contributed by atoms with van der Waals surface area (Å²) < 4.78 is 43.7. The number of anilines is 2. The van der Waals surface area contributed by atoms with Crippen LogP contribution in [0.2, 0.25) is 0 Å². The lowest BCUT2D eigenvalue weighted by atomic mass is 10.1. The molecule has 164 valence electrons. The largest absolute Gasteiger partial charge is 0.474 e. The molecular weight excluding hydrogens is 411 g/mol. The number of piperidine rings is 1. The predicted octanol–water partition coefficient (Wildman–Crippen LogP) is 3.62. The average Bonchev–Trinajstić information content (AvgIpc) is 2.73. The third-order valence-corrected chi connectivity index (χ3v) is 4.94. The van der Waals surface area contributed by atoms with E-state index in [9.17, 15) is 13.2 Å². The molecule has 3 aromatic rings. The molecule has 0 aromatic carbocycles. The molecule has 1 saturated heterocycles. The second-order valence-electron chi connectivity index (χ2n) is 7.46. The van der Waals surface area contributed by atoms with E-state index in [0.717, 1.165) is 25.9 Å². The van der Waals surface area contributed by atoms with E-state index in [4.69, 9.17) is 4.74 Å². The standard InChI is InChI=1S/C20H22F3N7O/c1-13(11-20(21,22)23)28-18-27-12-15-16(29-18)3-8-24-17(15)31-14-4-9-30(10-5-14)19-25-6-2-7-26-19/h2-3,6-8,12-14H,4-5,9-11H2,1H3,(H,27,28,29). The minimum Gasteiger partial charge on any atom is -0.474 e. The first-order valence-electron chi connectivity index (χ1n) is 10.0. The number of aromatic nitrogens is 5. The first kappa shape index (κ1) is 21.0. The molecule has 0 radical (unpaired) electrons. The van der Waals surface area contributed by atoms with Crippen LogP contribution in [-0.2, 0) is 0 Å². The molecule has 31 heavy (non-hydrogen) atoms. The van der Waals surface area contributed by atoms with Crippen molar-refractivity contribution in [2.45, 2.75) is 44.5 Å². The maximum Gasteiger partial charge on any atom is 0.391 e. The van der Waals surface area contributed by atoms with Crippen molar-refractivity contribution in [3.05, 3.63) is 36.9 Å². The van der Waals surface area contributed by atoms with Crippen molar-refractivity contribution in [2.75, 3.05) is 23.3 Å². The summed E-state index contributed by atoms with van der Waals surface area (Å²) in [4.78, 5) is 23.4. The van der Waals surface area contributed by atoms with Crippen molar-refractivity contribution >= 4 is 22.8 Å². The summed E-state index contributed by atoms with van der Waals surface area (Å²) in [6, 6.07) is 2.62. The third-order valence-electron chi connectivity index (χ3n) is 4.94. The van der Waals surface area contributed by atoms with Gasteiger partial charge >= 0.3 is 6.18 Å². The maximum atomic E-state index is 12.5. The lowest BCUT2D eigenvalue weighted by Gasteiger charge is -2.31. The van der Waals surface area contributed by atoms with Crippen LogP contribution >= 0.6 is 0 Å². The molecule has 3 aromatic heterocycles. The molecule has 8 nitrogen and oxygen atoms in total. The van der Waals surface area contributed by atoms with E-state index in [1.807, 2.05) is 0 Å². The number of fused-ring (bicyclic) bond motifs is 1. The Hall–Kier alpha value is -3.24. The molecule has 4 heterocycles. The number of ether oxygens (including phenoxy) is 1. The second-order valence-corrected chi connectivity index (χ2v) is 7.46. The van der Waals surface area contributed by atoms with Crippen LogP contribution in [0.3, 0.4) is 0 Å². The van der Waals surface area contributed by atoms with Gasteiger partial charge in [-0.1, -0.05) is 0 Å². The number of nitrogens with one attached hydrogen (secondary N) is 1. The van der Waals surface area contributed by atoms with Crippen molar-refractivity contribution in [1.82, 2.24) is 24.9 Å². The fourth-order valence-electron chi connectivity index (χ4n) is 3.50. The van der Waals surface area contributed by atoms with Gasteiger partial charge in [0.1, 0.15) is 6.10 Å². The Kier molecular flexibility index (Phi) is 6.01. The fourth-order valence-corrected chi connectivity index (χ4v) is 3.50. The van der Waals surface area contributed by atoms with Gasteiger partial charge in [0.25, 0.3) is 0 Å². The van der Waals surface area contributed by atoms with Gasteiger partial charge in [-0.15, -0.1) is 0 Å². The highest BCUT2D eigenvalue weighted by Crippen LogP contribution is 2.27. The van der Waals surface area contributed by atoms with E-state index in [0.29, 0.717) is 22.7 Å². The summed E-state index contributed by atoms with van der Waals surface area (Å²) in [7, 11) is 0.